The number of nitrogens with one attached hydrogen (secondary N) is 1. The van der Waals surface area contributed by atoms with E-state index < -0.39 is 0 Å². The van der Waals surface area contributed by atoms with Crippen molar-refractivity contribution in [1.29, 1.82) is 0 Å². The zero-order chi connectivity index (χ0) is 14.9. The largest absolute Gasteiger partial charge is 0.338 e. The molecule has 5 nitrogen and oxygen atoms in total. The molecule has 2 heterocycles. The van der Waals surface area contributed by atoms with Gasteiger partial charge in [-0.1, -0.05) is 25.4 Å². The lowest BCUT2D eigenvalue weighted by Gasteiger charge is -2.17. The van der Waals surface area contributed by atoms with Crippen molar-refractivity contribution in [1.82, 2.24) is 20.0 Å². The summed E-state index contributed by atoms with van der Waals surface area (Å²) in [5.41, 5.74) is 1.37. The quantitative estimate of drug-likeness (QED) is 0.923. The molecule has 1 N–H and O–H groups in total. The maximum Gasteiger partial charge on any atom is 0.258 e. The van der Waals surface area contributed by atoms with Crippen LogP contribution < -0.4 is 5.32 Å². The van der Waals surface area contributed by atoms with Crippen LogP contribution in [-0.4, -0.2) is 47.3 Å². The van der Waals surface area contributed by atoms with Gasteiger partial charge in [0.25, 0.3) is 5.91 Å². The van der Waals surface area contributed by atoms with Crippen molar-refractivity contribution in [3.8, 4) is 0 Å². The highest BCUT2D eigenvalue weighted by Crippen LogP contribution is 2.28. The maximum absolute atomic E-state index is 12.7. The van der Waals surface area contributed by atoms with Crippen LogP contribution in [0.3, 0.4) is 0 Å². The number of likely N-dealkylation sites (tertiary alicyclic amines) is 1. The molecule has 1 aliphatic heterocycles. The van der Waals surface area contributed by atoms with Gasteiger partial charge in [-0.05, 0) is 31.8 Å². The molecular formula is C14H23ClN4O. The summed E-state index contributed by atoms with van der Waals surface area (Å²) in [6, 6.07) is 0. The SMILES string of the molecule is CNCC1CCN(C(=O)c2c(C(C)C)nn(C)c2Cl)C1. The molecule has 6 heteroatoms. The minimum Gasteiger partial charge on any atom is -0.338 e. The predicted octanol–water partition coefficient (Wildman–Crippen LogP) is 1.88. The fourth-order valence-electron chi connectivity index (χ4n) is 2.76. The molecule has 1 amide bonds. The Balaban J connectivity index is 2.22. The van der Waals surface area contributed by atoms with Crippen LogP contribution in [0.25, 0.3) is 0 Å². The van der Waals surface area contributed by atoms with E-state index in [-0.39, 0.29) is 11.8 Å². The number of rotatable bonds is 4. The van der Waals surface area contributed by atoms with E-state index in [2.05, 4.69) is 10.4 Å². The van der Waals surface area contributed by atoms with E-state index in [1.807, 2.05) is 25.8 Å². The number of hydrogen-bond acceptors (Lipinski definition) is 3. The summed E-state index contributed by atoms with van der Waals surface area (Å²) in [6.07, 6.45) is 1.04. The topological polar surface area (TPSA) is 50.2 Å². The highest BCUT2D eigenvalue weighted by Gasteiger charge is 2.31. The molecule has 1 atom stereocenters. The summed E-state index contributed by atoms with van der Waals surface area (Å²) >= 11 is 6.27. The third kappa shape index (κ3) is 2.83. The number of carbonyl (C=O) groups is 1. The molecule has 1 aromatic rings. The molecule has 2 rings (SSSR count). The van der Waals surface area contributed by atoms with Crippen molar-refractivity contribution in [2.24, 2.45) is 13.0 Å². The molecule has 0 radical (unpaired) electrons. The van der Waals surface area contributed by atoms with Crippen LogP contribution in [0.5, 0.6) is 0 Å². The molecule has 0 spiro atoms. The third-order valence-corrected chi connectivity index (χ3v) is 4.26. The Labute approximate surface area is 125 Å². The standard InChI is InChI=1S/C14H23ClN4O/c1-9(2)12-11(13(15)18(4)17-12)14(20)19-6-5-10(8-19)7-16-3/h9-10,16H,5-8H2,1-4H3. The molecule has 112 valence electrons. The van der Waals surface area contributed by atoms with Crippen molar-refractivity contribution in [3.63, 3.8) is 0 Å². The first-order valence-corrected chi connectivity index (χ1v) is 7.49. The van der Waals surface area contributed by atoms with Gasteiger partial charge in [0.2, 0.25) is 0 Å². The number of halogens is 1. The highest BCUT2D eigenvalue weighted by molar-refractivity contribution is 6.33. The average Bonchev–Trinajstić information content (AvgIpc) is 2.96. The first-order chi connectivity index (χ1) is 9.45. The van der Waals surface area contributed by atoms with Gasteiger partial charge in [-0.3, -0.25) is 9.48 Å². The first kappa shape index (κ1) is 15.3. The zero-order valence-corrected chi connectivity index (χ0v) is 13.4. The highest BCUT2D eigenvalue weighted by atomic mass is 35.5. The van der Waals surface area contributed by atoms with Crippen LogP contribution in [0.2, 0.25) is 5.15 Å². The van der Waals surface area contributed by atoms with Crippen molar-refractivity contribution in [2.45, 2.75) is 26.2 Å². The van der Waals surface area contributed by atoms with Gasteiger partial charge in [-0.2, -0.15) is 5.10 Å². The summed E-state index contributed by atoms with van der Waals surface area (Å²) < 4.78 is 1.59. The van der Waals surface area contributed by atoms with Crippen LogP contribution >= 0.6 is 11.6 Å². The minimum absolute atomic E-state index is 0.0189. The molecular weight excluding hydrogens is 276 g/mol. The molecule has 1 aliphatic rings. The van der Waals surface area contributed by atoms with Crippen molar-refractivity contribution in [3.05, 3.63) is 16.4 Å². The number of nitrogens with zero attached hydrogens (tertiary/aromatic N) is 3. The Kier molecular flexibility index (Phi) is 4.70. The van der Waals surface area contributed by atoms with Gasteiger partial charge in [0.1, 0.15) is 5.15 Å². The number of hydrogen-bond donors (Lipinski definition) is 1. The van der Waals surface area contributed by atoms with Crippen LogP contribution in [0.1, 0.15) is 42.2 Å². The summed E-state index contributed by atoms with van der Waals surface area (Å²) in [7, 11) is 3.72. The summed E-state index contributed by atoms with van der Waals surface area (Å²) in [5, 5.41) is 8.00. The second-order valence-corrected chi connectivity index (χ2v) is 6.15. The molecule has 1 unspecified atom stereocenters. The van der Waals surface area contributed by atoms with Crippen LogP contribution in [0.15, 0.2) is 0 Å². The molecule has 0 aromatic carbocycles. The van der Waals surface area contributed by atoms with E-state index in [1.165, 1.54) is 0 Å². The van der Waals surface area contributed by atoms with Gasteiger partial charge in [-0.15, -0.1) is 0 Å². The second-order valence-electron chi connectivity index (χ2n) is 5.79. The average molecular weight is 299 g/mol. The lowest BCUT2D eigenvalue weighted by molar-refractivity contribution is 0.0786. The van der Waals surface area contributed by atoms with Crippen LogP contribution in [0.4, 0.5) is 0 Å². The van der Waals surface area contributed by atoms with E-state index in [1.54, 1.807) is 11.7 Å². The first-order valence-electron chi connectivity index (χ1n) is 7.12. The number of aryl methyl sites for hydroxylation is 1. The number of aromatic nitrogens is 2. The molecule has 1 fully saturated rings. The molecule has 0 saturated carbocycles. The second kappa shape index (κ2) is 6.14. The molecule has 1 aromatic heterocycles. The molecule has 1 saturated heterocycles. The Bertz CT molecular complexity index is 498. The van der Waals surface area contributed by atoms with Gasteiger partial charge < -0.3 is 10.2 Å². The van der Waals surface area contributed by atoms with Gasteiger partial charge in [0, 0.05) is 20.1 Å². The lowest BCUT2D eigenvalue weighted by atomic mass is 10.1. The van der Waals surface area contributed by atoms with Gasteiger partial charge in [0.05, 0.1) is 11.3 Å². The van der Waals surface area contributed by atoms with E-state index in [9.17, 15) is 4.79 Å². The predicted molar refractivity (Wildman–Crippen MR) is 80.2 cm³/mol. The molecule has 20 heavy (non-hydrogen) atoms. The Hall–Kier alpha value is -1.07. The van der Waals surface area contributed by atoms with Crippen molar-refractivity contribution < 1.29 is 4.79 Å². The minimum atomic E-state index is 0.0189. The lowest BCUT2D eigenvalue weighted by Crippen LogP contribution is -2.31. The zero-order valence-electron chi connectivity index (χ0n) is 12.6. The fraction of sp³-hybridized carbons (Fsp3) is 0.714. The Morgan fingerprint density at radius 1 is 1.55 bits per heavy atom. The van der Waals surface area contributed by atoms with Crippen molar-refractivity contribution in [2.75, 3.05) is 26.7 Å². The molecule has 0 aliphatic carbocycles. The van der Waals surface area contributed by atoms with Gasteiger partial charge in [0.15, 0.2) is 0 Å². The number of carbonyl (C=O) groups excluding carboxylic acids is 1. The summed E-state index contributed by atoms with van der Waals surface area (Å²) in [6.45, 7) is 6.60. The normalized spacial score (nSPS) is 19.1. The van der Waals surface area contributed by atoms with Gasteiger partial charge in [-0.25, -0.2) is 0 Å². The maximum atomic E-state index is 12.7. The Morgan fingerprint density at radius 3 is 2.85 bits per heavy atom. The summed E-state index contributed by atoms with van der Waals surface area (Å²) in [4.78, 5) is 14.6. The van der Waals surface area contributed by atoms with E-state index in [0.717, 1.165) is 31.7 Å². The van der Waals surface area contributed by atoms with E-state index in [0.29, 0.717) is 16.6 Å². The summed E-state index contributed by atoms with van der Waals surface area (Å²) in [5.74, 6) is 0.732. The fourth-order valence-corrected chi connectivity index (χ4v) is 2.97. The smallest absolute Gasteiger partial charge is 0.258 e. The van der Waals surface area contributed by atoms with E-state index >= 15 is 0 Å². The van der Waals surface area contributed by atoms with Crippen LogP contribution in [0, 0.1) is 5.92 Å². The molecule has 0 bridgehead atoms. The number of amides is 1. The van der Waals surface area contributed by atoms with Crippen molar-refractivity contribution >= 4 is 17.5 Å². The van der Waals surface area contributed by atoms with Crippen LogP contribution in [-0.2, 0) is 7.05 Å². The Morgan fingerprint density at radius 2 is 2.25 bits per heavy atom. The van der Waals surface area contributed by atoms with E-state index in [4.69, 9.17) is 11.6 Å². The monoisotopic (exact) mass is 298 g/mol. The van der Waals surface area contributed by atoms with Gasteiger partial charge >= 0.3 is 0 Å². The third-order valence-electron chi connectivity index (χ3n) is 3.83.